The van der Waals surface area contributed by atoms with Crippen molar-refractivity contribution in [2.24, 2.45) is 5.92 Å². The van der Waals surface area contributed by atoms with Gasteiger partial charge < -0.3 is 0 Å². The van der Waals surface area contributed by atoms with Gasteiger partial charge in [0.05, 0.1) is 11.5 Å². The molecule has 2 nitrogen and oxygen atoms in total. The van der Waals surface area contributed by atoms with E-state index in [0.717, 1.165) is 12.8 Å². The predicted octanol–water partition coefficient (Wildman–Crippen LogP) is 2.16. The lowest BCUT2D eigenvalue weighted by molar-refractivity contribution is 0.385. The third-order valence-corrected chi connectivity index (χ3v) is 4.21. The van der Waals surface area contributed by atoms with E-state index >= 15 is 0 Å². The normalized spacial score (nSPS) is 21.1. The molecule has 0 N–H and O–H groups in total. The fourth-order valence-corrected chi connectivity index (χ4v) is 2.96. The Morgan fingerprint density at radius 3 is 2.33 bits per heavy atom. The minimum atomic E-state index is -2.84. The highest BCUT2D eigenvalue weighted by Crippen LogP contribution is 2.25. The molecule has 0 saturated heterocycles. The second-order valence-electron chi connectivity index (χ2n) is 3.57. The third-order valence-electron chi connectivity index (χ3n) is 2.55. The Bertz CT molecular complexity index is 213. The van der Waals surface area contributed by atoms with Crippen LogP contribution < -0.4 is 0 Å². The van der Waals surface area contributed by atoms with Crippen LogP contribution in [0.15, 0.2) is 0 Å². The molecule has 1 rings (SSSR count). The first-order valence-electron chi connectivity index (χ1n) is 4.66. The van der Waals surface area contributed by atoms with Crippen LogP contribution in [-0.4, -0.2) is 14.2 Å². The minimum absolute atomic E-state index is 0.378. The van der Waals surface area contributed by atoms with Crippen molar-refractivity contribution in [3.63, 3.8) is 0 Å². The van der Waals surface area contributed by atoms with E-state index in [1.54, 1.807) is 6.92 Å². The summed E-state index contributed by atoms with van der Waals surface area (Å²) in [5.41, 5.74) is 0. The van der Waals surface area contributed by atoms with Crippen molar-refractivity contribution in [3.8, 4) is 0 Å². The maximum absolute atomic E-state index is 11.2. The van der Waals surface area contributed by atoms with E-state index in [9.17, 15) is 8.42 Å². The topological polar surface area (TPSA) is 34.1 Å². The molecule has 0 aromatic heterocycles. The van der Waals surface area contributed by atoms with Crippen LogP contribution in [0.2, 0.25) is 0 Å². The van der Waals surface area contributed by atoms with E-state index in [1.807, 2.05) is 0 Å². The van der Waals surface area contributed by atoms with Crippen LogP contribution in [0.1, 0.15) is 39.0 Å². The van der Waals surface area contributed by atoms with Crippen LogP contribution in [-0.2, 0) is 9.84 Å². The van der Waals surface area contributed by atoms with Gasteiger partial charge in [-0.2, -0.15) is 0 Å². The van der Waals surface area contributed by atoms with Crippen molar-refractivity contribution < 1.29 is 8.42 Å². The summed E-state index contributed by atoms with van der Waals surface area (Å²) >= 11 is 0. The average molecular weight is 189 g/mol. The first-order valence-corrected chi connectivity index (χ1v) is 6.38. The van der Waals surface area contributed by atoms with Crippen molar-refractivity contribution >= 4 is 9.84 Å². The number of rotatable bonds is 3. The predicted molar refractivity (Wildman–Crippen MR) is 50.3 cm³/mol. The van der Waals surface area contributed by atoms with E-state index in [0.29, 0.717) is 11.7 Å². The smallest absolute Gasteiger partial charge is 0.154 e. The molecule has 1 radical (unpaired) electrons. The summed E-state index contributed by atoms with van der Waals surface area (Å²) in [6, 6.07) is 0. The van der Waals surface area contributed by atoms with E-state index in [-0.39, 0.29) is 0 Å². The maximum Gasteiger partial charge on any atom is 0.154 e. The van der Waals surface area contributed by atoms with Crippen LogP contribution in [0.5, 0.6) is 0 Å². The zero-order valence-electron chi connectivity index (χ0n) is 7.62. The molecule has 12 heavy (non-hydrogen) atoms. The zero-order valence-corrected chi connectivity index (χ0v) is 8.44. The molecule has 3 heteroatoms. The van der Waals surface area contributed by atoms with Crippen molar-refractivity contribution in [2.45, 2.75) is 39.0 Å². The van der Waals surface area contributed by atoms with E-state index in [4.69, 9.17) is 0 Å². The van der Waals surface area contributed by atoms with Gasteiger partial charge in [-0.25, -0.2) is 8.42 Å². The van der Waals surface area contributed by atoms with Crippen molar-refractivity contribution in [1.29, 1.82) is 0 Å². The fourth-order valence-electron chi connectivity index (χ4n) is 1.78. The van der Waals surface area contributed by atoms with Gasteiger partial charge in [-0.15, -0.1) is 0 Å². The lowest BCUT2D eigenvalue weighted by Crippen LogP contribution is -2.17. The highest BCUT2D eigenvalue weighted by atomic mass is 32.2. The maximum atomic E-state index is 11.2. The summed E-state index contributed by atoms with van der Waals surface area (Å²) in [4.78, 5) is 0. The van der Waals surface area contributed by atoms with Gasteiger partial charge in [-0.1, -0.05) is 19.3 Å². The lowest BCUT2D eigenvalue weighted by atomic mass is 9.91. The first kappa shape index (κ1) is 10.0. The number of hydrogen-bond acceptors (Lipinski definition) is 2. The second kappa shape index (κ2) is 4.26. The Morgan fingerprint density at radius 1 is 1.25 bits per heavy atom. The Kier molecular flexibility index (Phi) is 3.56. The Labute approximate surface area is 75.3 Å². The van der Waals surface area contributed by atoms with E-state index in [2.05, 4.69) is 0 Å². The van der Waals surface area contributed by atoms with Gasteiger partial charge in [-0.05, 0) is 25.7 Å². The summed E-state index contributed by atoms with van der Waals surface area (Å²) in [6.45, 7) is 1.61. The molecular formula is C9H17O2S. The summed E-state index contributed by atoms with van der Waals surface area (Å²) in [5, 5.41) is 0. The van der Waals surface area contributed by atoms with Gasteiger partial charge in [0, 0.05) is 0 Å². The molecule has 0 atom stereocenters. The Balaban J connectivity index is 2.39. The minimum Gasteiger partial charge on any atom is -0.229 e. The van der Waals surface area contributed by atoms with Crippen molar-refractivity contribution in [3.05, 3.63) is 5.75 Å². The van der Waals surface area contributed by atoms with Crippen LogP contribution in [0, 0.1) is 11.7 Å². The van der Waals surface area contributed by atoms with E-state index in [1.165, 1.54) is 25.0 Å². The molecule has 0 unspecified atom stereocenters. The summed E-state index contributed by atoms with van der Waals surface area (Å²) < 4.78 is 22.4. The van der Waals surface area contributed by atoms with Crippen LogP contribution >= 0.6 is 0 Å². The molecule has 0 spiro atoms. The molecule has 0 bridgehead atoms. The highest BCUT2D eigenvalue weighted by Gasteiger charge is 2.19. The highest BCUT2D eigenvalue weighted by molar-refractivity contribution is 7.93. The second-order valence-corrected chi connectivity index (χ2v) is 5.70. The number of hydrogen-bond donors (Lipinski definition) is 0. The van der Waals surface area contributed by atoms with Crippen LogP contribution in [0.4, 0.5) is 0 Å². The molecular weight excluding hydrogens is 172 g/mol. The van der Waals surface area contributed by atoms with Gasteiger partial charge in [0.1, 0.15) is 0 Å². The summed E-state index contributed by atoms with van der Waals surface area (Å²) in [7, 11) is -2.84. The quantitative estimate of drug-likeness (QED) is 0.682. The van der Waals surface area contributed by atoms with Crippen molar-refractivity contribution in [2.75, 3.05) is 5.75 Å². The molecule has 1 fully saturated rings. The summed E-state index contributed by atoms with van der Waals surface area (Å²) in [5.74, 6) is 2.14. The zero-order chi connectivity index (χ0) is 9.03. The lowest BCUT2D eigenvalue weighted by Gasteiger charge is -2.20. The molecule has 0 amide bonds. The molecule has 0 aromatic rings. The molecule has 0 heterocycles. The molecule has 0 aromatic carbocycles. The number of sulfone groups is 1. The Hall–Kier alpha value is -0.0500. The summed E-state index contributed by atoms with van der Waals surface area (Å²) in [6.07, 6.45) is 5.92. The van der Waals surface area contributed by atoms with E-state index < -0.39 is 9.84 Å². The molecule has 71 valence electrons. The molecule has 1 aliphatic rings. The SMILES string of the molecule is C[CH]S(=O)(=O)CC1CCCCC1. The van der Waals surface area contributed by atoms with Gasteiger partial charge in [-0.3, -0.25) is 0 Å². The van der Waals surface area contributed by atoms with Crippen LogP contribution in [0.25, 0.3) is 0 Å². The van der Waals surface area contributed by atoms with Crippen LogP contribution in [0.3, 0.4) is 0 Å². The van der Waals surface area contributed by atoms with Gasteiger partial charge in [0.15, 0.2) is 9.84 Å². The standard InChI is InChI=1S/C9H17O2S/c1-2-12(10,11)8-9-6-4-3-5-7-9/h2,9H,3-8H2,1H3. The molecule has 1 saturated carbocycles. The van der Waals surface area contributed by atoms with Gasteiger partial charge in [0.25, 0.3) is 0 Å². The van der Waals surface area contributed by atoms with Gasteiger partial charge >= 0.3 is 0 Å². The fraction of sp³-hybridized carbons (Fsp3) is 0.889. The monoisotopic (exact) mass is 189 g/mol. The Morgan fingerprint density at radius 2 is 1.83 bits per heavy atom. The average Bonchev–Trinajstić information content (AvgIpc) is 2.06. The third kappa shape index (κ3) is 3.13. The van der Waals surface area contributed by atoms with Crippen molar-refractivity contribution in [1.82, 2.24) is 0 Å². The first-order chi connectivity index (χ1) is 5.64. The van der Waals surface area contributed by atoms with Gasteiger partial charge in [0.2, 0.25) is 0 Å². The largest absolute Gasteiger partial charge is 0.229 e. The molecule has 1 aliphatic carbocycles. The molecule has 0 aliphatic heterocycles.